The van der Waals surface area contributed by atoms with Crippen molar-refractivity contribution in [1.82, 2.24) is 0 Å². The van der Waals surface area contributed by atoms with Crippen LogP contribution in [-0.2, 0) is 0 Å². The quantitative estimate of drug-likeness (QED) is 0.291. The standard InChI is InChI=1S/C27H31IO3/c1-16(2)21-14-19(18-9-8-10-20(13-18)29-5)15-22(17(3)4)25(21)26-23(30-6)11-12-24(31-7)27(26)28/h8-17H,1-7H3. The van der Waals surface area contributed by atoms with E-state index in [1.54, 1.807) is 21.3 Å². The van der Waals surface area contributed by atoms with Crippen LogP contribution in [0.15, 0.2) is 48.5 Å². The summed E-state index contributed by atoms with van der Waals surface area (Å²) in [5.41, 5.74) is 7.31. The third kappa shape index (κ3) is 4.69. The van der Waals surface area contributed by atoms with Gasteiger partial charge in [-0.3, -0.25) is 0 Å². The highest BCUT2D eigenvalue weighted by Crippen LogP contribution is 2.47. The smallest absolute Gasteiger partial charge is 0.133 e. The fourth-order valence-corrected chi connectivity index (χ4v) is 4.89. The van der Waals surface area contributed by atoms with E-state index in [1.807, 2.05) is 24.3 Å². The van der Waals surface area contributed by atoms with Crippen LogP contribution in [0.3, 0.4) is 0 Å². The van der Waals surface area contributed by atoms with Crippen molar-refractivity contribution in [2.75, 3.05) is 21.3 Å². The summed E-state index contributed by atoms with van der Waals surface area (Å²) >= 11 is 2.38. The summed E-state index contributed by atoms with van der Waals surface area (Å²) in [5, 5.41) is 0. The first-order chi connectivity index (χ1) is 14.8. The van der Waals surface area contributed by atoms with Crippen LogP contribution < -0.4 is 14.2 Å². The molecular weight excluding hydrogens is 499 g/mol. The van der Waals surface area contributed by atoms with Gasteiger partial charge < -0.3 is 14.2 Å². The summed E-state index contributed by atoms with van der Waals surface area (Å²) in [4.78, 5) is 0. The van der Waals surface area contributed by atoms with Crippen molar-refractivity contribution in [2.45, 2.75) is 39.5 Å². The first-order valence-corrected chi connectivity index (χ1v) is 11.6. The molecule has 0 fully saturated rings. The third-order valence-electron chi connectivity index (χ3n) is 5.60. The molecule has 3 aromatic rings. The van der Waals surface area contributed by atoms with Crippen LogP contribution in [0.2, 0.25) is 0 Å². The fourth-order valence-electron chi connectivity index (χ4n) is 3.96. The van der Waals surface area contributed by atoms with E-state index in [0.29, 0.717) is 11.8 Å². The molecule has 4 heteroatoms. The summed E-state index contributed by atoms with van der Waals surface area (Å²) in [6.45, 7) is 8.99. The van der Waals surface area contributed by atoms with Crippen molar-refractivity contribution >= 4 is 22.6 Å². The van der Waals surface area contributed by atoms with Crippen molar-refractivity contribution in [3.05, 3.63) is 63.2 Å². The van der Waals surface area contributed by atoms with Crippen LogP contribution in [0.4, 0.5) is 0 Å². The topological polar surface area (TPSA) is 27.7 Å². The van der Waals surface area contributed by atoms with Crippen molar-refractivity contribution < 1.29 is 14.2 Å². The normalized spacial score (nSPS) is 11.2. The van der Waals surface area contributed by atoms with E-state index in [4.69, 9.17) is 14.2 Å². The van der Waals surface area contributed by atoms with Gasteiger partial charge in [-0.05, 0) is 86.5 Å². The minimum Gasteiger partial charge on any atom is -0.497 e. The lowest BCUT2D eigenvalue weighted by Crippen LogP contribution is -2.04. The number of hydrogen-bond donors (Lipinski definition) is 0. The van der Waals surface area contributed by atoms with Gasteiger partial charge in [-0.25, -0.2) is 0 Å². The molecule has 0 heterocycles. The van der Waals surface area contributed by atoms with Crippen LogP contribution >= 0.6 is 22.6 Å². The minimum atomic E-state index is 0.338. The second kappa shape index (κ2) is 9.94. The number of benzene rings is 3. The van der Waals surface area contributed by atoms with Crippen LogP contribution in [-0.4, -0.2) is 21.3 Å². The molecule has 0 unspecified atom stereocenters. The number of rotatable bonds is 7. The van der Waals surface area contributed by atoms with Gasteiger partial charge in [0.25, 0.3) is 0 Å². The van der Waals surface area contributed by atoms with Gasteiger partial charge in [0.15, 0.2) is 0 Å². The monoisotopic (exact) mass is 530 g/mol. The Balaban J connectivity index is 2.39. The van der Waals surface area contributed by atoms with Gasteiger partial charge in [0.2, 0.25) is 0 Å². The first-order valence-electron chi connectivity index (χ1n) is 10.5. The molecule has 0 aromatic heterocycles. The molecule has 3 nitrogen and oxygen atoms in total. The SMILES string of the molecule is COc1cccc(-c2cc(C(C)C)c(-c3c(OC)ccc(OC)c3I)c(C(C)C)c2)c1. The fraction of sp³-hybridized carbons (Fsp3) is 0.333. The zero-order valence-corrected chi connectivity index (χ0v) is 21.5. The van der Waals surface area contributed by atoms with Crippen LogP contribution in [0.1, 0.15) is 50.7 Å². The molecule has 0 spiro atoms. The van der Waals surface area contributed by atoms with Gasteiger partial charge in [-0.15, -0.1) is 0 Å². The van der Waals surface area contributed by atoms with E-state index in [-0.39, 0.29) is 0 Å². The summed E-state index contributed by atoms with van der Waals surface area (Å²) in [5.74, 6) is 3.26. The summed E-state index contributed by atoms with van der Waals surface area (Å²) in [6.07, 6.45) is 0. The maximum Gasteiger partial charge on any atom is 0.133 e. The lowest BCUT2D eigenvalue weighted by molar-refractivity contribution is 0.402. The molecule has 164 valence electrons. The number of ether oxygens (including phenoxy) is 3. The van der Waals surface area contributed by atoms with Crippen molar-refractivity contribution in [3.63, 3.8) is 0 Å². The van der Waals surface area contributed by atoms with E-state index in [1.165, 1.54) is 22.3 Å². The Labute approximate surface area is 199 Å². The molecule has 0 bridgehead atoms. The number of hydrogen-bond acceptors (Lipinski definition) is 3. The van der Waals surface area contributed by atoms with Crippen molar-refractivity contribution in [2.24, 2.45) is 0 Å². The van der Waals surface area contributed by atoms with Gasteiger partial charge in [0.05, 0.1) is 24.9 Å². The Bertz CT molecular complexity index is 1040. The van der Waals surface area contributed by atoms with E-state index in [9.17, 15) is 0 Å². The van der Waals surface area contributed by atoms with Gasteiger partial charge in [0, 0.05) is 5.56 Å². The molecule has 3 rings (SSSR count). The van der Waals surface area contributed by atoms with E-state index < -0.39 is 0 Å². The van der Waals surface area contributed by atoms with Crippen LogP contribution in [0.5, 0.6) is 17.2 Å². The second-order valence-corrected chi connectivity index (χ2v) is 9.31. The molecule has 0 saturated carbocycles. The van der Waals surface area contributed by atoms with Gasteiger partial charge in [-0.1, -0.05) is 52.0 Å². The molecule has 0 aliphatic carbocycles. The number of methoxy groups -OCH3 is 3. The van der Waals surface area contributed by atoms with E-state index in [2.05, 4.69) is 74.6 Å². The zero-order chi connectivity index (χ0) is 22.7. The highest BCUT2D eigenvalue weighted by atomic mass is 127. The van der Waals surface area contributed by atoms with E-state index in [0.717, 1.165) is 31.9 Å². The van der Waals surface area contributed by atoms with E-state index >= 15 is 0 Å². The molecule has 3 aromatic carbocycles. The largest absolute Gasteiger partial charge is 0.497 e. The molecular formula is C27H31IO3. The van der Waals surface area contributed by atoms with Crippen molar-refractivity contribution in [3.8, 4) is 39.5 Å². The maximum atomic E-state index is 5.82. The summed E-state index contributed by atoms with van der Waals surface area (Å²) < 4.78 is 18.0. The van der Waals surface area contributed by atoms with Gasteiger partial charge >= 0.3 is 0 Å². The molecule has 0 atom stereocenters. The van der Waals surface area contributed by atoms with Crippen LogP contribution in [0, 0.1) is 3.57 Å². The minimum absolute atomic E-state index is 0.338. The first kappa shape index (κ1) is 23.5. The average Bonchev–Trinajstić information content (AvgIpc) is 2.77. The van der Waals surface area contributed by atoms with Gasteiger partial charge in [-0.2, -0.15) is 0 Å². The highest BCUT2D eigenvalue weighted by molar-refractivity contribution is 14.1. The molecule has 31 heavy (non-hydrogen) atoms. The Morgan fingerprint density at radius 1 is 0.645 bits per heavy atom. The number of halogens is 1. The summed E-state index contributed by atoms with van der Waals surface area (Å²) in [7, 11) is 5.15. The third-order valence-corrected chi connectivity index (χ3v) is 6.68. The molecule has 0 saturated heterocycles. The Morgan fingerprint density at radius 3 is 1.74 bits per heavy atom. The molecule has 0 amide bonds. The lowest BCUT2D eigenvalue weighted by Gasteiger charge is -2.25. The molecule has 0 aliphatic heterocycles. The molecule has 0 N–H and O–H groups in total. The lowest BCUT2D eigenvalue weighted by atomic mass is 9.82. The zero-order valence-electron chi connectivity index (χ0n) is 19.4. The molecule has 0 radical (unpaired) electrons. The summed E-state index contributed by atoms with van der Waals surface area (Å²) in [6, 6.07) is 16.9. The predicted octanol–water partition coefficient (Wildman–Crippen LogP) is 7.90. The second-order valence-electron chi connectivity index (χ2n) is 8.23. The van der Waals surface area contributed by atoms with Crippen molar-refractivity contribution in [1.29, 1.82) is 0 Å². The van der Waals surface area contributed by atoms with Crippen LogP contribution in [0.25, 0.3) is 22.3 Å². The highest BCUT2D eigenvalue weighted by Gasteiger charge is 2.24. The maximum absolute atomic E-state index is 5.82. The Kier molecular flexibility index (Phi) is 7.52. The predicted molar refractivity (Wildman–Crippen MR) is 138 cm³/mol. The molecule has 0 aliphatic rings. The van der Waals surface area contributed by atoms with Gasteiger partial charge in [0.1, 0.15) is 17.2 Å². The average molecular weight is 530 g/mol. The Hall–Kier alpha value is -2.21. The Morgan fingerprint density at radius 2 is 1.23 bits per heavy atom.